The molecule has 0 aliphatic heterocycles. The van der Waals surface area contributed by atoms with E-state index in [0.29, 0.717) is 24.9 Å². The molecule has 1 aliphatic rings. The van der Waals surface area contributed by atoms with Crippen molar-refractivity contribution in [3.8, 4) is 17.1 Å². The largest absolute Gasteiger partial charge is 0.478 e. The summed E-state index contributed by atoms with van der Waals surface area (Å²) in [6, 6.07) is 23.2. The molecule has 3 N–H and O–H groups in total. The van der Waals surface area contributed by atoms with E-state index < -0.39 is 16.0 Å². The van der Waals surface area contributed by atoms with Gasteiger partial charge in [0.15, 0.2) is 0 Å². The van der Waals surface area contributed by atoms with Crippen LogP contribution < -0.4 is 14.8 Å². The van der Waals surface area contributed by atoms with Gasteiger partial charge in [0.05, 0.1) is 28.9 Å². The Labute approximate surface area is 283 Å². The average Bonchev–Trinajstić information content (AvgIpc) is 3.00. The molecule has 4 aromatic rings. The summed E-state index contributed by atoms with van der Waals surface area (Å²) >= 11 is 0. The molecular weight excluding hydrogens is 628 g/mol. The van der Waals surface area contributed by atoms with Crippen molar-refractivity contribution in [1.82, 2.24) is 15.3 Å². The van der Waals surface area contributed by atoms with Crippen molar-refractivity contribution < 1.29 is 27.8 Å². The van der Waals surface area contributed by atoms with E-state index in [1.165, 1.54) is 18.2 Å². The lowest BCUT2D eigenvalue weighted by Crippen LogP contribution is -2.51. The number of carboxylic acids is 1. The highest BCUT2D eigenvalue weighted by Crippen LogP contribution is 2.31. The van der Waals surface area contributed by atoms with Crippen molar-refractivity contribution in [2.45, 2.75) is 83.6 Å². The van der Waals surface area contributed by atoms with Gasteiger partial charge >= 0.3 is 5.97 Å². The fraction of sp³-hybridized carbons (Fsp3) is 0.378. The van der Waals surface area contributed by atoms with E-state index in [2.05, 4.69) is 52.9 Å². The van der Waals surface area contributed by atoms with Gasteiger partial charge in [-0.15, -0.1) is 0 Å². The first-order valence-electron chi connectivity index (χ1n) is 16.1. The van der Waals surface area contributed by atoms with Gasteiger partial charge in [0, 0.05) is 23.7 Å². The fourth-order valence-electron chi connectivity index (χ4n) is 5.92. The average molecular weight is 673 g/mol. The number of anilines is 1. The zero-order valence-corrected chi connectivity index (χ0v) is 28.9. The molecule has 1 fully saturated rings. The van der Waals surface area contributed by atoms with Crippen LogP contribution >= 0.6 is 0 Å². The van der Waals surface area contributed by atoms with Gasteiger partial charge < -0.3 is 19.9 Å². The minimum absolute atomic E-state index is 0.00239. The summed E-state index contributed by atoms with van der Waals surface area (Å²) in [6.07, 6.45) is 2.86. The molecule has 5 rings (SSSR count). The Hall–Kier alpha value is -4.32. The van der Waals surface area contributed by atoms with Crippen molar-refractivity contribution in [3.63, 3.8) is 0 Å². The number of aromatic carboxylic acids is 1. The third-order valence-corrected chi connectivity index (χ3v) is 9.57. The number of aromatic nitrogens is 2. The summed E-state index contributed by atoms with van der Waals surface area (Å²) in [5.74, 6) is -1.19. The second-order valence-corrected chi connectivity index (χ2v) is 15.3. The monoisotopic (exact) mass is 672 g/mol. The third-order valence-electron chi connectivity index (χ3n) is 8.24. The van der Waals surface area contributed by atoms with E-state index in [9.17, 15) is 18.3 Å². The number of hydrogen-bond acceptors (Lipinski definition) is 8. The number of carbonyl (C=O) groups is 1. The summed E-state index contributed by atoms with van der Waals surface area (Å²) in [4.78, 5) is 20.3. The number of nitrogens with one attached hydrogen (secondary N) is 2. The zero-order chi connectivity index (χ0) is 34.5. The number of carboxylic acid groups (broad SMARTS) is 1. The lowest BCUT2D eigenvalue weighted by molar-refractivity contribution is -0.0308. The normalized spacial score (nSPS) is 16.9. The zero-order valence-electron chi connectivity index (χ0n) is 28.1. The number of rotatable bonds is 14. The maximum Gasteiger partial charge on any atom is 0.335 e. The number of aryl methyl sites for hydroxylation is 2. The highest BCUT2D eigenvalue weighted by atomic mass is 32.2. The molecule has 1 aliphatic carbocycles. The van der Waals surface area contributed by atoms with Crippen molar-refractivity contribution >= 4 is 21.9 Å². The molecule has 48 heavy (non-hydrogen) atoms. The van der Waals surface area contributed by atoms with Crippen LogP contribution in [-0.2, 0) is 21.4 Å². The fourth-order valence-corrected chi connectivity index (χ4v) is 6.91. The molecule has 1 aromatic heterocycles. The minimum atomic E-state index is -4.22. The lowest BCUT2D eigenvalue weighted by atomic mass is 9.85. The highest BCUT2D eigenvalue weighted by molar-refractivity contribution is 7.92. The number of ether oxygens (including phenoxy) is 2. The van der Waals surface area contributed by atoms with E-state index in [0.717, 1.165) is 47.6 Å². The van der Waals surface area contributed by atoms with Crippen molar-refractivity contribution in [1.29, 1.82) is 0 Å². The van der Waals surface area contributed by atoms with Gasteiger partial charge in [0.2, 0.25) is 11.8 Å². The molecule has 0 spiro atoms. The van der Waals surface area contributed by atoms with Crippen LogP contribution in [0, 0.1) is 19.3 Å². The van der Waals surface area contributed by atoms with Crippen molar-refractivity contribution in [2.75, 3.05) is 11.3 Å². The van der Waals surface area contributed by atoms with Crippen molar-refractivity contribution in [3.05, 3.63) is 101 Å². The summed E-state index contributed by atoms with van der Waals surface area (Å²) in [5.41, 5.74) is 4.31. The molecule has 3 aromatic carbocycles. The van der Waals surface area contributed by atoms with Crippen LogP contribution in [0.1, 0.15) is 67.1 Å². The predicted molar refractivity (Wildman–Crippen MR) is 186 cm³/mol. The molecular formula is C37H44N4O6S. The summed E-state index contributed by atoms with van der Waals surface area (Å²) < 4.78 is 41.6. The van der Waals surface area contributed by atoms with E-state index in [4.69, 9.17) is 9.47 Å². The van der Waals surface area contributed by atoms with Gasteiger partial charge in [-0.3, -0.25) is 0 Å². The summed E-state index contributed by atoms with van der Waals surface area (Å²) in [5, 5.41) is 13.1. The second kappa shape index (κ2) is 14.8. The smallest absolute Gasteiger partial charge is 0.335 e. The maximum absolute atomic E-state index is 13.4. The molecule has 1 heterocycles. The minimum Gasteiger partial charge on any atom is -0.478 e. The molecule has 0 bridgehead atoms. The molecule has 11 heteroatoms. The standard InChI is InChI=1S/C37H44N4O6S/c1-24-11-9-12-25(2)34(24)32-20-33(40-36(39-32)41-48(44,45)31-16-10-15-27(17-31)35(42)43)47-23-29(21-37(3,4)5)38-28-18-30(19-28)46-22-26-13-7-6-8-14-26/h6-17,20,28-30,38H,18-19,21-23H2,1-5H3,(H,42,43)(H,39,40,41). The third kappa shape index (κ3) is 9.40. The molecule has 0 saturated heterocycles. The van der Waals surface area contributed by atoms with E-state index >= 15 is 0 Å². The first-order chi connectivity index (χ1) is 22.8. The molecule has 0 radical (unpaired) electrons. The van der Waals surface area contributed by atoms with Crippen LogP contribution in [-0.4, -0.2) is 54.3 Å². The number of sulfonamides is 1. The number of hydrogen-bond donors (Lipinski definition) is 3. The number of nitrogens with zero attached hydrogens (tertiary/aromatic N) is 2. The Morgan fingerprint density at radius 2 is 1.65 bits per heavy atom. The van der Waals surface area contributed by atoms with Crippen LogP contribution in [0.5, 0.6) is 5.88 Å². The summed E-state index contributed by atoms with van der Waals surface area (Å²) in [7, 11) is -4.22. The molecule has 254 valence electrons. The first kappa shape index (κ1) is 35.0. The van der Waals surface area contributed by atoms with Crippen LogP contribution in [0.15, 0.2) is 83.8 Å². The van der Waals surface area contributed by atoms with Crippen LogP contribution in [0.2, 0.25) is 0 Å². The topological polar surface area (TPSA) is 140 Å². The van der Waals surface area contributed by atoms with Gasteiger partial charge in [0.1, 0.15) is 6.61 Å². The summed E-state index contributed by atoms with van der Waals surface area (Å²) in [6.45, 7) is 11.4. The van der Waals surface area contributed by atoms with Crippen LogP contribution in [0.3, 0.4) is 0 Å². The van der Waals surface area contributed by atoms with Gasteiger partial charge in [-0.1, -0.05) is 75.4 Å². The van der Waals surface area contributed by atoms with Gasteiger partial charge in [-0.2, -0.15) is 4.98 Å². The lowest BCUT2D eigenvalue weighted by Gasteiger charge is -2.39. The SMILES string of the molecule is Cc1cccc(C)c1-c1cc(OCC(CC(C)(C)C)NC2CC(OCc3ccccc3)C2)nc(NS(=O)(=O)c2cccc(C(=O)O)c2)n1. The van der Waals surface area contributed by atoms with Crippen LogP contribution in [0.25, 0.3) is 11.3 Å². The second-order valence-electron chi connectivity index (χ2n) is 13.6. The van der Waals surface area contributed by atoms with Crippen molar-refractivity contribution in [2.24, 2.45) is 5.41 Å². The Kier molecular flexibility index (Phi) is 10.8. The Morgan fingerprint density at radius 1 is 0.958 bits per heavy atom. The molecule has 1 atom stereocenters. The quantitative estimate of drug-likeness (QED) is 0.132. The molecule has 0 amide bonds. The molecule has 1 unspecified atom stereocenters. The number of benzene rings is 3. The van der Waals surface area contributed by atoms with E-state index in [1.54, 1.807) is 6.07 Å². The Morgan fingerprint density at radius 3 is 2.31 bits per heavy atom. The Bertz CT molecular complexity index is 1820. The maximum atomic E-state index is 13.4. The Balaban J connectivity index is 1.34. The molecule has 1 saturated carbocycles. The van der Waals surface area contributed by atoms with E-state index in [-0.39, 0.29) is 39.8 Å². The molecule has 10 nitrogen and oxygen atoms in total. The first-order valence-corrected chi connectivity index (χ1v) is 17.6. The van der Waals surface area contributed by atoms with Gasteiger partial charge in [0.25, 0.3) is 10.0 Å². The predicted octanol–water partition coefficient (Wildman–Crippen LogP) is 6.78. The van der Waals surface area contributed by atoms with Gasteiger partial charge in [-0.25, -0.2) is 22.9 Å². The van der Waals surface area contributed by atoms with Crippen LogP contribution in [0.4, 0.5) is 5.95 Å². The van der Waals surface area contributed by atoms with E-state index in [1.807, 2.05) is 50.2 Å². The van der Waals surface area contributed by atoms with Gasteiger partial charge in [-0.05, 0) is 73.4 Å². The highest BCUT2D eigenvalue weighted by Gasteiger charge is 2.33.